The summed E-state index contributed by atoms with van der Waals surface area (Å²) in [5.74, 6) is 2.58. The van der Waals surface area contributed by atoms with Crippen LogP contribution in [0.5, 0.6) is 5.75 Å². The molecule has 2 heterocycles. The van der Waals surface area contributed by atoms with E-state index in [0.717, 1.165) is 48.6 Å². The molecule has 1 amide bonds. The van der Waals surface area contributed by atoms with Gasteiger partial charge in [0.1, 0.15) is 5.75 Å². The van der Waals surface area contributed by atoms with E-state index >= 15 is 0 Å². The monoisotopic (exact) mass is 340 g/mol. The Kier molecular flexibility index (Phi) is 4.02. The first-order valence-corrected chi connectivity index (χ1v) is 9.02. The quantitative estimate of drug-likeness (QED) is 0.839. The van der Waals surface area contributed by atoms with Crippen LogP contribution in [0.15, 0.2) is 22.7 Å². The summed E-state index contributed by atoms with van der Waals surface area (Å²) in [6.45, 7) is 6.01. The van der Waals surface area contributed by atoms with Crippen molar-refractivity contribution in [2.45, 2.75) is 33.1 Å². The van der Waals surface area contributed by atoms with E-state index in [1.807, 2.05) is 17.0 Å². The fraction of sp³-hybridized carbons (Fsp3) is 0.500. The molecule has 1 aromatic carbocycles. The number of methoxy groups -OCH3 is 1. The normalized spacial score (nSPS) is 22.3. The number of piperidine rings is 1. The van der Waals surface area contributed by atoms with Gasteiger partial charge in [-0.05, 0) is 48.8 Å². The van der Waals surface area contributed by atoms with Crippen molar-refractivity contribution in [2.24, 2.45) is 11.8 Å². The van der Waals surface area contributed by atoms with Gasteiger partial charge in [-0.1, -0.05) is 25.1 Å². The fourth-order valence-electron chi connectivity index (χ4n) is 4.27. The molecule has 0 saturated carbocycles. The van der Waals surface area contributed by atoms with Crippen LogP contribution in [0.1, 0.15) is 41.9 Å². The van der Waals surface area contributed by atoms with Crippen molar-refractivity contribution in [3.8, 4) is 17.1 Å². The Bertz CT molecular complexity index is 801. The first kappa shape index (κ1) is 16.2. The van der Waals surface area contributed by atoms with E-state index in [-0.39, 0.29) is 5.91 Å². The summed E-state index contributed by atoms with van der Waals surface area (Å²) in [7, 11) is 1.65. The highest BCUT2D eigenvalue weighted by molar-refractivity contribution is 5.95. The highest BCUT2D eigenvalue weighted by Crippen LogP contribution is 2.38. The Morgan fingerprint density at radius 2 is 2.00 bits per heavy atom. The van der Waals surface area contributed by atoms with Gasteiger partial charge in [-0.15, -0.1) is 0 Å². The SMILES string of the molecule is COc1ccc2c(c1)-c1onc(C(=O)N3C[C@H](C)C[C@@H](C)C3)c1CC2. The molecule has 132 valence electrons. The van der Waals surface area contributed by atoms with Crippen molar-refractivity contribution in [1.82, 2.24) is 10.1 Å². The molecule has 2 atom stereocenters. The van der Waals surface area contributed by atoms with Crippen molar-refractivity contribution < 1.29 is 14.1 Å². The van der Waals surface area contributed by atoms with Crippen LogP contribution in [0.2, 0.25) is 0 Å². The van der Waals surface area contributed by atoms with Gasteiger partial charge in [0.15, 0.2) is 11.5 Å². The molecular formula is C20H24N2O3. The van der Waals surface area contributed by atoms with Gasteiger partial charge in [0.25, 0.3) is 5.91 Å². The lowest BCUT2D eigenvalue weighted by atomic mass is 9.88. The summed E-state index contributed by atoms with van der Waals surface area (Å²) in [5, 5.41) is 4.17. The van der Waals surface area contributed by atoms with Crippen LogP contribution in [0, 0.1) is 11.8 Å². The molecule has 4 rings (SSSR count). The average molecular weight is 340 g/mol. The lowest BCUT2D eigenvalue weighted by molar-refractivity contribution is 0.0612. The van der Waals surface area contributed by atoms with Gasteiger partial charge in [0.05, 0.1) is 7.11 Å². The third kappa shape index (κ3) is 2.81. The van der Waals surface area contributed by atoms with Gasteiger partial charge in [-0.2, -0.15) is 0 Å². The maximum Gasteiger partial charge on any atom is 0.276 e. The van der Waals surface area contributed by atoms with E-state index in [4.69, 9.17) is 9.26 Å². The highest BCUT2D eigenvalue weighted by atomic mass is 16.5. The molecule has 1 fully saturated rings. The van der Waals surface area contributed by atoms with Crippen LogP contribution in [-0.4, -0.2) is 36.2 Å². The van der Waals surface area contributed by atoms with E-state index in [2.05, 4.69) is 25.1 Å². The fourth-order valence-corrected chi connectivity index (χ4v) is 4.27. The Balaban J connectivity index is 1.68. The summed E-state index contributed by atoms with van der Waals surface area (Å²) in [6.07, 6.45) is 2.85. The number of fused-ring (bicyclic) bond motifs is 3. The molecular weight excluding hydrogens is 316 g/mol. The molecule has 0 unspecified atom stereocenters. The second-order valence-electron chi connectivity index (χ2n) is 7.52. The van der Waals surface area contributed by atoms with Gasteiger partial charge in [-0.3, -0.25) is 4.79 Å². The van der Waals surface area contributed by atoms with Crippen LogP contribution in [0.25, 0.3) is 11.3 Å². The minimum absolute atomic E-state index is 0.00902. The summed E-state index contributed by atoms with van der Waals surface area (Å²) in [6, 6.07) is 6.00. The number of hydrogen-bond acceptors (Lipinski definition) is 4. The molecule has 0 N–H and O–H groups in total. The number of carbonyl (C=O) groups is 1. The number of rotatable bonds is 2. The van der Waals surface area contributed by atoms with E-state index in [9.17, 15) is 4.79 Å². The third-order valence-electron chi connectivity index (χ3n) is 5.35. The minimum atomic E-state index is 0.00902. The molecule has 0 bridgehead atoms. The van der Waals surface area contributed by atoms with Crippen LogP contribution in [0.4, 0.5) is 0 Å². The van der Waals surface area contributed by atoms with Gasteiger partial charge in [0, 0.05) is 24.2 Å². The Labute approximate surface area is 147 Å². The third-order valence-corrected chi connectivity index (χ3v) is 5.35. The first-order valence-electron chi connectivity index (χ1n) is 9.02. The number of aromatic nitrogens is 1. The van der Waals surface area contributed by atoms with Gasteiger partial charge in [-0.25, -0.2) is 0 Å². The molecule has 1 aliphatic carbocycles. The second-order valence-corrected chi connectivity index (χ2v) is 7.52. The van der Waals surface area contributed by atoms with Crippen molar-refractivity contribution in [2.75, 3.05) is 20.2 Å². The Morgan fingerprint density at radius 1 is 1.24 bits per heavy atom. The average Bonchev–Trinajstić information content (AvgIpc) is 3.04. The molecule has 1 saturated heterocycles. The molecule has 0 radical (unpaired) electrons. The lowest BCUT2D eigenvalue weighted by Crippen LogP contribution is -2.43. The Hall–Kier alpha value is -2.30. The number of nitrogens with zero attached hydrogens (tertiary/aromatic N) is 2. The van der Waals surface area contributed by atoms with Gasteiger partial charge >= 0.3 is 0 Å². The summed E-state index contributed by atoms with van der Waals surface area (Å²) in [4.78, 5) is 15.0. The van der Waals surface area contributed by atoms with Crippen LogP contribution in [-0.2, 0) is 12.8 Å². The molecule has 2 aliphatic rings. The zero-order valence-corrected chi connectivity index (χ0v) is 15.0. The van der Waals surface area contributed by atoms with Crippen LogP contribution < -0.4 is 4.74 Å². The summed E-state index contributed by atoms with van der Waals surface area (Å²) >= 11 is 0. The smallest absolute Gasteiger partial charge is 0.276 e. The second kappa shape index (κ2) is 6.21. The number of aryl methyl sites for hydroxylation is 1. The number of carbonyl (C=O) groups excluding carboxylic acids is 1. The topological polar surface area (TPSA) is 55.6 Å². The number of hydrogen-bond donors (Lipinski definition) is 0. The number of benzene rings is 1. The summed E-state index contributed by atoms with van der Waals surface area (Å²) in [5.41, 5.74) is 3.64. The largest absolute Gasteiger partial charge is 0.497 e. The Morgan fingerprint density at radius 3 is 2.72 bits per heavy atom. The predicted octanol–water partition coefficient (Wildman–Crippen LogP) is 3.57. The van der Waals surface area contributed by atoms with E-state index in [1.165, 1.54) is 12.0 Å². The minimum Gasteiger partial charge on any atom is -0.497 e. The number of ether oxygens (including phenoxy) is 1. The van der Waals surface area contributed by atoms with Crippen molar-refractivity contribution >= 4 is 5.91 Å². The predicted molar refractivity (Wildman–Crippen MR) is 94.7 cm³/mol. The molecule has 2 aromatic rings. The van der Waals surface area contributed by atoms with E-state index < -0.39 is 0 Å². The maximum absolute atomic E-state index is 13.0. The van der Waals surface area contributed by atoms with Gasteiger partial charge < -0.3 is 14.2 Å². The lowest BCUT2D eigenvalue weighted by Gasteiger charge is -2.34. The van der Waals surface area contributed by atoms with Crippen molar-refractivity contribution in [1.29, 1.82) is 0 Å². The standard InChI is InChI=1S/C20H24N2O3/c1-12-8-13(2)11-22(10-12)20(23)18-16-7-5-14-4-6-15(24-3)9-17(14)19(16)25-21-18/h4,6,9,12-13H,5,7-8,10-11H2,1-3H3/t12-,13-/m1/s1. The molecule has 25 heavy (non-hydrogen) atoms. The van der Waals surface area contributed by atoms with E-state index in [1.54, 1.807) is 7.11 Å². The molecule has 5 heteroatoms. The van der Waals surface area contributed by atoms with E-state index in [0.29, 0.717) is 17.5 Å². The van der Waals surface area contributed by atoms with Crippen molar-refractivity contribution in [3.05, 3.63) is 35.0 Å². The zero-order chi connectivity index (χ0) is 17.6. The number of likely N-dealkylation sites (tertiary alicyclic amines) is 1. The molecule has 5 nitrogen and oxygen atoms in total. The van der Waals surface area contributed by atoms with Crippen LogP contribution in [0.3, 0.4) is 0 Å². The van der Waals surface area contributed by atoms with Gasteiger partial charge in [0.2, 0.25) is 0 Å². The molecule has 1 aromatic heterocycles. The van der Waals surface area contributed by atoms with Crippen LogP contribution >= 0.6 is 0 Å². The molecule has 0 spiro atoms. The number of amides is 1. The molecule has 1 aliphatic heterocycles. The summed E-state index contributed by atoms with van der Waals surface area (Å²) < 4.78 is 11.0. The highest BCUT2D eigenvalue weighted by Gasteiger charge is 2.33. The van der Waals surface area contributed by atoms with Crippen molar-refractivity contribution in [3.63, 3.8) is 0 Å². The zero-order valence-electron chi connectivity index (χ0n) is 15.0. The first-order chi connectivity index (χ1) is 12.1. The maximum atomic E-state index is 13.0.